The maximum absolute atomic E-state index is 11.8. The number of ether oxygens (including phenoxy) is 1. The van der Waals surface area contributed by atoms with Crippen LogP contribution in [0.25, 0.3) is 0 Å². The molecule has 2 heterocycles. The van der Waals surface area contributed by atoms with Gasteiger partial charge in [-0.15, -0.1) is 0 Å². The molecule has 1 aromatic rings. The summed E-state index contributed by atoms with van der Waals surface area (Å²) in [5.41, 5.74) is 1.30. The minimum Gasteiger partial charge on any atom is -0.376 e. The second-order valence-corrected chi connectivity index (χ2v) is 6.44. The fraction of sp³-hybridized carbons (Fsp3) is 0.611. The highest BCUT2D eigenvalue weighted by atomic mass is 16.5. The van der Waals surface area contributed by atoms with E-state index in [0.29, 0.717) is 13.1 Å². The maximum Gasteiger partial charge on any atom is 0.314 e. The Morgan fingerprint density at radius 3 is 2.62 bits per heavy atom. The molecule has 24 heavy (non-hydrogen) atoms. The van der Waals surface area contributed by atoms with Crippen LogP contribution >= 0.6 is 0 Å². The van der Waals surface area contributed by atoms with E-state index in [4.69, 9.17) is 4.74 Å². The van der Waals surface area contributed by atoms with Gasteiger partial charge < -0.3 is 20.3 Å². The van der Waals surface area contributed by atoms with E-state index in [1.807, 2.05) is 0 Å². The van der Waals surface area contributed by atoms with E-state index in [0.717, 1.165) is 52.2 Å². The third-order valence-electron chi connectivity index (χ3n) is 4.72. The van der Waals surface area contributed by atoms with Crippen molar-refractivity contribution in [2.75, 3.05) is 57.3 Å². The Balaban J connectivity index is 1.27. The van der Waals surface area contributed by atoms with E-state index >= 15 is 0 Å². The molecule has 2 amide bonds. The van der Waals surface area contributed by atoms with Gasteiger partial charge in [0.25, 0.3) is 0 Å². The smallest absolute Gasteiger partial charge is 0.314 e. The Labute approximate surface area is 144 Å². The first-order valence-electron chi connectivity index (χ1n) is 8.97. The molecule has 0 aliphatic carbocycles. The number of piperazine rings is 1. The molecule has 2 aliphatic heterocycles. The zero-order valence-corrected chi connectivity index (χ0v) is 14.2. The number of para-hydroxylation sites is 1. The average molecular weight is 332 g/mol. The summed E-state index contributed by atoms with van der Waals surface area (Å²) in [6, 6.07) is 10.5. The van der Waals surface area contributed by atoms with Gasteiger partial charge in [-0.3, -0.25) is 4.90 Å². The first kappa shape index (κ1) is 17.0. The zero-order chi connectivity index (χ0) is 16.6. The first-order chi connectivity index (χ1) is 11.8. The number of amides is 2. The molecule has 0 radical (unpaired) electrons. The summed E-state index contributed by atoms with van der Waals surface area (Å²) in [6.45, 7) is 7.16. The highest BCUT2D eigenvalue weighted by Gasteiger charge is 2.18. The number of nitrogens with zero attached hydrogens (tertiary/aromatic N) is 2. The van der Waals surface area contributed by atoms with Crippen LogP contribution in [0.15, 0.2) is 30.3 Å². The molecule has 2 saturated heterocycles. The monoisotopic (exact) mass is 332 g/mol. The van der Waals surface area contributed by atoms with Gasteiger partial charge in [0.2, 0.25) is 0 Å². The van der Waals surface area contributed by atoms with Crippen molar-refractivity contribution < 1.29 is 9.53 Å². The number of anilines is 1. The van der Waals surface area contributed by atoms with Gasteiger partial charge in [-0.1, -0.05) is 18.2 Å². The van der Waals surface area contributed by atoms with Crippen LogP contribution in [0.3, 0.4) is 0 Å². The standard InChI is InChI=1S/C18H28N4O2/c23-18(20-15-17-7-4-14-24-17)19-8-9-21-10-12-22(13-11-21)16-5-2-1-3-6-16/h1-3,5-6,17H,4,7-15H2,(H2,19,20,23)/t17-/m0/s1. The van der Waals surface area contributed by atoms with Crippen LogP contribution in [0.2, 0.25) is 0 Å². The molecular formula is C18H28N4O2. The number of hydrogen-bond acceptors (Lipinski definition) is 4. The van der Waals surface area contributed by atoms with Crippen molar-refractivity contribution in [2.45, 2.75) is 18.9 Å². The van der Waals surface area contributed by atoms with Gasteiger partial charge in [0, 0.05) is 58.1 Å². The molecule has 0 spiro atoms. The lowest BCUT2D eigenvalue weighted by molar-refractivity contribution is 0.111. The molecule has 1 atom stereocenters. The SMILES string of the molecule is O=C(NCCN1CCN(c2ccccc2)CC1)NC[C@@H]1CCCO1. The Morgan fingerprint density at radius 2 is 1.92 bits per heavy atom. The lowest BCUT2D eigenvalue weighted by atomic mass is 10.2. The van der Waals surface area contributed by atoms with E-state index in [2.05, 4.69) is 50.8 Å². The Morgan fingerprint density at radius 1 is 1.12 bits per heavy atom. The molecule has 0 aromatic heterocycles. The minimum absolute atomic E-state index is 0.0894. The Bertz CT molecular complexity index is 497. The van der Waals surface area contributed by atoms with Crippen LogP contribution in [0.1, 0.15) is 12.8 Å². The van der Waals surface area contributed by atoms with Crippen molar-refractivity contribution in [3.8, 4) is 0 Å². The van der Waals surface area contributed by atoms with Crippen molar-refractivity contribution in [3.63, 3.8) is 0 Å². The summed E-state index contributed by atoms with van der Waals surface area (Å²) in [6.07, 6.45) is 2.34. The minimum atomic E-state index is -0.0894. The third kappa shape index (κ3) is 5.11. The lowest BCUT2D eigenvalue weighted by Crippen LogP contribution is -2.49. The molecule has 6 nitrogen and oxygen atoms in total. The number of benzene rings is 1. The Kier molecular flexibility index (Phi) is 6.32. The van der Waals surface area contributed by atoms with Gasteiger partial charge in [-0.25, -0.2) is 4.79 Å². The van der Waals surface area contributed by atoms with Crippen LogP contribution in [-0.4, -0.2) is 69.5 Å². The fourth-order valence-corrected chi connectivity index (χ4v) is 3.27. The van der Waals surface area contributed by atoms with Gasteiger partial charge in [-0.05, 0) is 25.0 Å². The molecule has 0 unspecified atom stereocenters. The van der Waals surface area contributed by atoms with E-state index in [1.54, 1.807) is 0 Å². The van der Waals surface area contributed by atoms with Gasteiger partial charge in [0.1, 0.15) is 0 Å². The van der Waals surface area contributed by atoms with E-state index in [-0.39, 0.29) is 12.1 Å². The molecule has 1 aromatic carbocycles. The predicted octanol–water partition coefficient (Wildman–Crippen LogP) is 1.29. The van der Waals surface area contributed by atoms with Crippen molar-refractivity contribution in [1.82, 2.24) is 15.5 Å². The van der Waals surface area contributed by atoms with Gasteiger partial charge >= 0.3 is 6.03 Å². The molecule has 6 heteroatoms. The molecule has 2 fully saturated rings. The van der Waals surface area contributed by atoms with Crippen LogP contribution in [0.5, 0.6) is 0 Å². The summed E-state index contributed by atoms with van der Waals surface area (Å²) < 4.78 is 5.49. The summed E-state index contributed by atoms with van der Waals surface area (Å²) in [5.74, 6) is 0. The largest absolute Gasteiger partial charge is 0.376 e. The number of carbonyl (C=O) groups excluding carboxylic acids is 1. The summed E-state index contributed by atoms with van der Waals surface area (Å²) >= 11 is 0. The van der Waals surface area contributed by atoms with E-state index < -0.39 is 0 Å². The topological polar surface area (TPSA) is 56.8 Å². The number of nitrogens with one attached hydrogen (secondary N) is 2. The zero-order valence-electron chi connectivity index (χ0n) is 14.2. The van der Waals surface area contributed by atoms with Crippen LogP contribution in [0.4, 0.5) is 10.5 Å². The number of rotatable bonds is 6. The molecule has 0 bridgehead atoms. The number of carbonyl (C=O) groups is 1. The summed E-state index contributed by atoms with van der Waals surface area (Å²) in [5, 5.41) is 5.83. The number of hydrogen-bond donors (Lipinski definition) is 2. The molecule has 2 aliphatic rings. The van der Waals surface area contributed by atoms with Crippen molar-refractivity contribution in [1.29, 1.82) is 0 Å². The number of urea groups is 1. The average Bonchev–Trinajstić information content (AvgIpc) is 3.15. The second kappa shape index (κ2) is 8.89. The summed E-state index contributed by atoms with van der Waals surface area (Å²) in [7, 11) is 0. The van der Waals surface area contributed by atoms with Gasteiger partial charge in [0.05, 0.1) is 6.10 Å². The predicted molar refractivity (Wildman–Crippen MR) is 95.5 cm³/mol. The first-order valence-corrected chi connectivity index (χ1v) is 8.97. The lowest BCUT2D eigenvalue weighted by Gasteiger charge is -2.36. The molecule has 3 rings (SSSR count). The van der Waals surface area contributed by atoms with Crippen LogP contribution in [-0.2, 0) is 4.74 Å². The highest BCUT2D eigenvalue weighted by molar-refractivity contribution is 5.73. The van der Waals surface area contributed by atoms with Crippen molar-refractivity contribution in [2.24, 2.45) is 0 Å². The normalized spacial score (nSPS) is 21.7. The van der Waals surface area contributed by atoms with Gasteiger partial charge in [-0.2, -0.15) is 0 Å². The highest BCUT2D eigenvalue weighted by Crippen LogP contribution is 2.15. The molecular weight excluding hydrogens is 304 g/mol. The van der Waals surface area contributed by atoms with Crippen LogP contribution < -0.4 is 15.5 Å². The molecule has 132 valence electrons. The van der Waals surface area contributed by atoms with Crippen molar-refractivity contribution >= 4 is 11.7 Å². The Hall–Kier alpha value is -1.79. The molecule has 0 saturated carbocycles. The quantitative estimate of drug-likeness (QED) is 0.824. The maximum atomic E-state index is 11.8. The van der Waals surface area contributed by atoms with E-state index in [9.17, 15) is 4.79 Å². The fourth-order valence-electron chi connectivity index (χ4n) is 3.27. The summed E-state index contributed by atoms with van der Waals surface area (Å²) in [4.78, 5) is 16.6. The van der Waals surface area contributed by atoms with Crippen LogP contribution in [0, 0.1) is 0 Å². The van der Waals surface area contributed by atoms with Crippen molar-refractivity contribution in [3.05, 3.63) is 30.3 Å². The van der Waals surface area contributed by atoms with E-state index in [1.165, 1.54) is 5.69 Å². The third-order valence-corrected chi connectivity index (χ3v) is 4.72. The second-order valence-electron chi connectivity index (χ2n) is 6.44. The van der Waals surface area contributed by atoms with Gasteiger partial charge in [0.15, 0.2) is 0 Å². The molecule has 2 N–H and O–H groups in total.